The Kier molecular flexibility index (Phi) is 5.99. The summed E-state index contributed by atoms with van der Waals surface area (Å²) in [5.41, 5.74) is 5.12. The van der Waals surface area contributed by atoms with Crippen molar-refractivity contribution in [2.24, 2.45) is 16.2 Å². The van der Waals surface area contributed by atoms with Gasteiger partial charge in [0.15, 0.2) is 0 Å². The smallest absolute Gasteiger partial charge is 0.109 e. The summed E-state index contributed by atoms with van der Waals surface area (Å²) in [6, 6.07) is 0. The van der Waals surface area contributed by atoms with Crippen LogP contribution < -0.4 is 0 Å². The van der Waals surface area contributed by atoms with Crippen LogP contribution in [0.5, 0.6) is 0 Å². The average molecular weight is 403 g/mol. The van der Waals surface area contributed by atoms with Crippen LogP contribution >= 0.6 is 11.2 Å². The molecule has 2 aliphatic rings. The maximum Gasteiger partial charge on any atom is 0.109 e. The van der Waals surface area contributed by atoms with Gasteiger partial charge < -0.3 is 0 Å². The minimum absolute atomic E-state index is 0.101. The van der Waals surface area contributed by atoms with Crippen molar-refractivity contribution < 1.29 is 0 Å². The second-order valence-electron chi connectivity index (χ2n) is 11.9. The first-order valence-electron chi connectivity index (χ1n) is 10.5. The second kappa shape index (κ2) is 7.09. The molecule has 0 bridgehead atoms. The van der Waals surface area contributed by atoms with E-state index in [4.69, 9.17) is 0 Å². The first-order valence-corrected chi connectivity index (χ1v) is 15.6. The molecular formula is C25H42SSi. The molecule has 0 radical (unpaired) electrons. The van der Waals surface area contributed by atoms with E-state index in [2.05, 4.69) is 117 Å². The summed E-state index contributed by atoms with van der Waals surface area (Å²) < 4.78 is 0.116. The zero-order chi connectivity index (χ0) is 20.9. The minimum atomic E-state index is -1.37. The van der Waals surface area contributed by atoms with Gasteiger partial charge in [0.1, 0.15) is 7.22 Å². The zero-order valence-corrected chi connectivity index (χ0v) is 21.5. The van der Waals surface area contributed by atoms with Crippen LogP contribution in [0.3, 0.4) is 0 Å². The molecule has 0 saturated heterocycles. The summed E-state index contributed by atoms with van der Waals surface area (Å²) in [5.74, 6) is 0. The highest BCUT2D eigenvalue weighted by Gasteiger charge is 2.54. The van der Waals surface area contributed by atoms with E-state index in [9.17, 15) is 0 Å². The predicted octanol–water partition coefficient (Wildman–Crippen LogP) is 8.55. The Hall–Kier alpha value is -0.473. The van der Waals surface area contributed by atoms with Crippen molar-refractivity contribution >= 4 is 18.4 Å². The van der Waals surface area contributed by atoms with E-state index in [1.807, 2.05) is 0 Å². The molecule has 0 aliphatic heterocycles. The van der Waals surface area contributed by atoms with Crippen LogP contribution in [0.1, 0.15) is 68.2 Å². The Bertz CT molecular complexity index is 696. The third kappa shape index (κ3) is 4.58. The Morgan fingerprint density at radius 2 is 1.44 bits per heavy atom. The molecule has 2 heteroatoms. The lowest BCUT2D eigenvalue weighted by Crippen LogP contribution is -2.51. The molecule has 1 unspecified atom stereocenters. The molecule has 2 aliphatic carbocycles. The molecule has 0 spiro atoms. The number of allylic oxidation sites excluding steroid dienone is 7. The molecule has 0 saturated carbocycles. The number of hydrogen-bond acceptors (Lipinski definition) is 1. The fraction of sp³-hybridized carbons (Fsp3) is 0.680. The van der Waals surface area contributed by atoms with Crippen LogP contribution in [0.4, 0.5) is 0 Å². The first kappa shape index (κ1) is 22.8. The number of hydrogen-bond donors (Lipinski definition) is 0. The van der Waals surface area contributed by atoms with Crippen molar-refractivity contribution in [2.75, 3.05) is 0 Å². The number of rotatable bonds is 4. The molecule has 0 heterocycles. The Morgan fingerprint density at radius 3 is 1.85 bits per heavy atom. The van der Waals surface area contributed by atoms with Gasteiger partial charge in [-0.25, -0.2) is 0 Å². The average Bonchev–Trinajstić information content (AvgIpc) is 2.97. The molecule has 0 aromatic carbocycles. The minimum Gasteiger partial charge on any atom is -0.174 e. The van der Waals surface area contributed by atoms with E-state index in [1.165, 1.54) is 11.1 Å². The van der Waals surface area contributed by atoms with Gasteiger partial charge in [0.05, 0.1) is 0 Å². The van der Waals surface area contributed by atoms with Gasteiger partial charge in [-0.2, -0.15) is 11.2 Å². The maximum atomic E-state index is 2.58. The van der Waals surface area contributed by atoms with Crippen LogP contribution in [-0.2, 0) is 0 Å². The molecule has 0 aromatic heterocycles. The van der Waals surface area contributed by atoms with Crippen LogP contribution in [0, 0.1) is 16.2 Å². The Morgan fingerprint density at radius 1 is 0.852 bits per heavy atom. The van der Waals surface area contributed by atoms with E-state index >= 15 is 0 Å². The van der Waals surface area contributed by atoms with Crippen molar-refractivity contribution in [1.29, 1.82) is 0 Å². The standard InChI is InChI=1S/C25H42SSi/c1-22(2,3)20-16-17-25(26-27(9,10)11,21(18-20)23(4,5)6)24(7,8)19-14-12-13-15-19/h12,14-16,18H,13,17H2,1-11H3. The van der Waals surface area contributed by atoms with Crippen LogP contribution in [0.15, 0.2) is 47.1 Å². The first-order chi connectivity index (χ1) is 12.0. The zero-order valence-electron chi connectivity index (χ0n) is 19.7. The van der Waals surface area contributed by atoms with Crippen LogP contribution in [-0.4, -0.2) is 12.0 Å². The van der Waals surface area contributed by atoms with Crippen molar-refractivity contribution in [2.45, 2.75) is 92.6 Å². The van der Waals surface area contributed by atoms with Gasteiger partial charge in [-0.15, -0.1) is 0 Å². The fourth-order valence-electron chi connectivity index (χ4n) is 4.53. The topological polar surface area (TPSA) is 0 Å². The van der Waals surface area contributed by atoms with Gasteiger partial charge >= 0.3 is 0 Å². The van der Waals surface area contributed by atoms with Gasteiger partial charge in [0, 0.05) is 10.2 Å². The summed E-state index contributed by atoms with van der Waals surface area (Å²) in [4.78, 5) is 0. The summed E-state index contributed by atoms with van der Waals surface area (Å²) in [7, 11) is -1.37. The van der Waals surface area contributed by atoms with Crippen molar-refractivity contribution in [3.8, 4) is 0 Å². The fourth-order valence-corrected chi connectivity index (χ4v) is 11.1. The molecule has 27 heavy (non-hydrogen) atoms. The normalized spacial score (nSPS) is 24.6. The monoisotopic (exact) mass is 402 g/mol. The Balaban J connectivity index is 2.74. The van der Waals surface area contributed by atoms with Gasteiger partial charge in [-0.05, 0) is 40.4 Å². The van der Waals surface area contributed by atoms with Crippen LogP contribution in [0.25, 0.3) is 0 Å². The van der Waals surface area contributed by atoms with Gasteiger partial charge in [-0.1, -0.05) is 105 Å². The quantitative estimate of drug-likeness (QED) is 0.424. The summed E-state index contributed by atoms with van der Waals surface area (Å²) >= 11 is 2.32. The molecule has 0 N–H and O–H groups in total. The lowest BCUT2D eigenvalue weighted by atomic mass is 9.60. The maximum absolute atomic E-state index is 2.58. The van der Waals surface area contributed by atoms with E-state index in [1.54, 1.807) is 5.57 Å². The molecule has 0 amide bonds. The van der Waals surface area contributed by atoms with E-state index in [-0.39, 0.29) is 21.0 Å². The predicted molar refractivity (Wildman–Crippen MR) is 129 cm³/mol. The summed E-state index contributed by atoms with van der Waals surface area (Å²) in [6.45, 7) is 26.8. The highest BCUT2D eigenvalue weighted by atomic mass is 32.4. The lowest BCUT2D eigenvalue weighted by molar-refractivity contribution is 0.298. The molecule has 152 valence electrons. The SMILES string of the molecule is CC(C)(C)C1=CCC(S[Si](C)(C)C)(C(C)(C)C2=CCC=C2)C(C(C)(C)C)=C1. The van der Waals surface area contributed by atoms with E-state index in [0.29, 0.717) is 0 Å². The summed E-state index contributed by atoms with van der Waals surface area (Å²) in [5, 5.41) is 0. The lowest BCUT2D eigenvalue weighted by Gasteiger charge is -2.56. The molecule has 1 atom stereocenters. The van der Waals surface area contributed by atoms with E-state index < -0.39 is 7.22 Å². The van der Waals surface area contributed by atoms with Crippen LogP contribution in [0.2, 0.25) is 19.6 Å². The molecular weight excluding hydrogens is 360 g/mol. The molecule has 2 rings (SSSR count). The largest absolute Gasteiger partial charge is 0.174 e. The highest BCUT2D eigenvalue weighted by molar-refractivity contribution is 8.29. The van der Waals surface area contributed by atoms with Gasteiger partial charge in [0.2, 0.25) is 0 Å². The summed E-state index contributed by atoms with van der Waals surface area (Å²) in [6.07, 6.45) is 14.5. The van der Waals surface area contributed by atoms with Gasteiger partial charge in [-0.3, -0.25) is 0 Å². The molecule has 0 aromatic rings. The third-order valence-electron chi connectivity index (χ3n) is 6.00. The van der Waals surface area contributed by atoms with Crippen molar-refractivity contribution in [3.63, 3.8) is 0 Å². The Labute approximate surface area is 174 Å². The van der Waals surface area contributed by atoms with Crippen molar-refractivity contribution in [1.82, 2.24) is 0 Å². The third-order valence-corrected chi connectivity index (χ3v) is 10.7. The van der Waals surface area contributed by atoms with Crippen molar-refractivity contribution in [3.05, 3.63) is 47.1 Å². The highest BCUT2D eigenvalue weighted by Crippen LogP contribution is 2.62. The van der Waals surface area contributed by atoms with E-state index in [0.717, 1.165) is 12.8 Å². The molecule has 0 nitrogen and oxygen atoms in total. The second-order valence-corrected chi connectivity index (χ2v) is 21.3. The van der Waals surface area contributed by atoms with Gasteiger partial charge in [0.25, 0.3) is 0 Å². The molecule has 0 fully saturated rings.